The van der Waals surface area contributed by atoms with Crippen LogP contribution in [-0.4, -0.2) is 40.2 Å². The van der Waals surface area contributed by atoms with E-state index in [0.29, 0.717) is 6.54 Å². The number of amides is 2. The fourth-order valence-corrected chi connectivity index (χ4v) is 7.14. The number of aromatic nitrogens is 1. The molecule has 2 aromatic carbocycles. The van der Waals surface area contributed by atoms with Gasteiger partial charge in [-0.25, -0.2) is 4.79 Å². The van der Waals surface area contributed by atoms with Crippen molar-refractivity contribution in [3.63, 3.8) is 0 Å². The molecular formula is C28H28N4OS2. The van der Waals surface area contributed by atoms with Crippen molar-refractivity contribution in [2.24, 2.45) is 0 Å². The molecule has 2 aliphatic rings. The van der Waals surface area contributed by atoms with Gasteiger partial charge in [-0.05, 0) is 61.2 Å². The molecule has 35 heavy (non-hydrogen) atoms. The summed E-state index contributed by atoms with van der Waals surface area (Å²) in [5, 5.41) is 4.46. The highest BCUT2D eigenvalue weighted by Gasteiger charge is 2.36. The number of carbonyl (C=O) groups is 1. The molecule has 4 heterocycles. The van der Waals surface area contributed by atoms with Gasteiger partial charge in [-0.3, -0.25) is 0 Å². The molecule has 4 aromatic rings. The molecule has 6 rings (SSSR count). The second kappa shape index (κ2) is 9.22. The average molecular weight is 501 g/mol. The van der Waals surface area contributed by atoms with E-state index >= 15 is 0 Å². The van der Waals surface area contributed by atoms with Crippen LogP contribution in [0.4, 0.5) is 10.5 Å². The summed E-state index contributed by atoms with van der Waals surface area (Å²) in [6.07, 6.45) is 5.22. The molecule has 0 radical (unpaired) electrons. The van der Waals surface area contributed by atoms with Gasteiger partial charge in [-0.1, -0.05) is 36.4 Å². The minimum atomic E-state index is -0.184. The van der Waals surface area contributed by atoms with Gasteiger partial charge in [-0.15, -0.1) is 23.1 Å². The van der Waals surface area contributed by atoms with E-state index in [4.69, 9.17) is 0 Å². The lowest BCUT2D eigenvalue weighted by Crippen LogP contribution is -2.38. The fourth-order valence-electron chi connectivity index (χ4n) is 5.23. The highest BCUT2D eigenvalue weighted by atomic mass is 32.2. The van der Waals surface area contributed by atoms with Crippen LogP contribution in [0.1, 0.15) is 33.3 Å². The molecular weight excluding hydrogens is 472 g/mol. The van der Waals surface area contributed by atoms with Crippen LogP contribution in [0, 0.1) is 0 Å². The Morgan fingerprint density at radius 1 is 1.03 bits per heavy atom. The van der Waals surface area contributed by atoms with Gasteiger partial charge in [0.1, 0.15) is 5.00 Å². The molecule has 2 aliphatic heterocycles. The Bertz CT molecular complexity index is 1380. The van der Waals surface area contributed by atoms with Gasteiger partial charge in [0.25, 0.3) is 0 Å². The first-order chi connectivity index (χ1) is 17.1. The molecule has 1 atom stereocenters. The Morgan fingerprint density at radius 2 is 1.89 bits per heavy atom. The van der Waals surface area contributed by atoms with Crippen LogP contribution in [0.3, 0.4) is 0 Å². The monoisotopic (exact) mass is 500 g/mol. The van der Waals surface area contributed by atoms with E-state index in [1.165, 1.54) is 21.0 Å². The van der Waals surface area contributed by atoms with Crippen molar-refractivity contribution in [3.8, 4) is 5.00 Å². The van der Waals surface area contributed by atoms with Crippen molar-refractivity contribution in [1.82, 2.24) is 14.4 Å². The number of nitrogens with zero attached hydrogens (tertiary/aromatic N) is 3. The largest absolute Gasteiger partial charge is 0.322 e. The topological polar surface area (TPSA) is 40.5 Å². The SMILES string of the molecule is CSc1cccc(NC(=O)N2Cc3c(sc4c3CCN(C)C4)-n3cccc3[C@H]2c2ccccc2)c1. The first-order valence-electron chi connectivity index (χ1n) is 11.9. The van der Waals surface area contributed by atoms with Gasteiger partial charge in [0, 0.05) is 40.3 Å². The number of likely N-dealkylation sites (N-methyl/N-ethyl adjacent to an activating group) is 1. The maximum Gasteiger partial charge on any atom is 0.322 e. The zero-order valence-electron chi connectivity index (χ0n) is 19.9. The Labute approximate surface area is 214 Å². The number of anilines is 1. The third-order valence-electron chi connectivity index (χ3n) is 6.95. The first-order valence-corrected chi connectivity index (χ1v) is 13.9. The Kier molecular flexibility index (Phi) is 5.92. The molecule has 0 saturated heterocycles. The number of urea groups is 1. The van der Waals surface area contributed by atoms with Gasteiger partial charge >= 0.3 is 6.03 Å². The number of thioether (sulfide) groups is 1. The number of hydrogen-bond donors (Lipinski definition) is 1. The van der Waals surface area contributed by atoms with Crippen LogP contribution < -0.4 is 5.32 Å². The highest BCUT2D eigenvalue weighted by Crippen LogP contribution is 2.43. The lowest BCUT2D eigenvalue weighted by molar-refractivity contribution is 0.194. The van der Waals surface area contributed by atoms with Crippen LogP contribution in [0.25, 0.3) is 5.00 Å². The number of rotatable bonds is 3. The predicted octanol–water partition coefficient (Wildman–Crippen LogP) is 6.39. The van der Waals surface area contributed by atoms with Gasteiger partial charge in [0.2, 0.25) is 0 Å². The molecule has 2 aromatic heterocycles. The molecule has 0 unspecified atom stereocenters. The number of carbonyl (C=O) groups excluding carboxylic acids is 1. The summed E-state index contributed by atoms with van der Waals surface area (Å²) in [6, 6.07) is 22.4. The summed E-state index contributed by atoms with van der Waals surface area (Å²) in [6.45, 7) is 2.60. The summed E-state index contributed by atoms with van der Waals surface area (Å²) in [5.41, 5.74) is 5.78. The minimum Gasteiger partial charge on any atom is -0.310 e. The number of thiophene rings is 1. The molecule has 7 heteroatoms. The second-order valence-corrected chi connectivity index (χ2v) is 11.1. The summed E-state index contributed by atoms with van der Waals surface area (Å²) in [5.74, 6) is 0. The number of nitrogens with one attached hydrogen (secondary N) is 1. The van der Waals surface area contributed by atoms with Crippen molar-refractivity contribution in [2.75, 3.05) is 25.2 Å². The Balaban J connectivity index is 1.47. The Morgan fingerprint density at radius 3 is 2.71 bits per heavy atom. The third-order valence-corrected chi connectivity index (χ3v) is 8.94. The maximum absolute atomic E-state index is 14.0. The van der Waals surface area contributed by atoms with Crippen LogP contribution >= 0.6 is 23.1 Å². The van der Waals surface area contributed by atoms with Crippen molar-refractivity contribution >= 4 is 34.8 Å². The van der Waals surface area contributed by atoms with E-state index in [2.05, 4.69) is 70.5 Å². The van der Waals surface area contributed by atoms with Gasteiger partial charge in [0.05, 0.1) is 18.3 Å². The fraction of sp³-hybridized carbons (Fsp3) is 0.250. The van der Waals surface area contributed by atoms with Crippen molar-refractivity contribution in [3.05, 3.63) is 100 Å². The Hall–Kier alpha value is -3.00. The lowest BCUT2D eigenvalue weighted by atomic mass is 10.0. The first kappa shape index (κ1) is 22.5. The molecule has 178 valence electrons. The zero-order chi connectivity index (χ0) is 23.9. The number of fused-ring (bicyclic) bond motifs is 5. The molecule has 0 bridgehead atoms. The van der Waals surface area contributed by atoms with E-state index in [1.807, 2.05) is 46.8 Å². The summed E-state index contributed by atoms with van der Waals surface area (Å²) in [4.78, 5) is 20.9. The predicted molar refractivity (Wildman–Crippen MR) is 145 cm³/mol. The molecule has 2 amide bonds. The average Bonchev–Trinajstić information content (AvgIpc) is 3.46. The van der Waals surface area contributed by atoms with Crippen LogP contribution in [-0.2, 0) is 19.5 Å². The number of benzene rings is 2. The summed E-state index contributed by atoms with van der Waals surface area (Å²) >= 11 is 3.56. The highest BCUT2D eigenvalue weighted by molar-refractivity contribution is 7.98. The maximum atomic E-state index is 14.0. The standard InChI is InChI=1S/C28H28N4OS2/c1-30-15-13-22-23-17-32(28(33)29-20-10-6-11-21(16-20)34-2)26(19-8-4-3-5-9-19)24-12-7-14-31(24)27(23)35-25(22)18-30/h3-12,14,16,26H,13,15,17-18H2,1-2H3,(H,29,33)/t26-/m1/s1. The minimum absolute atomic E-state index is 0.0782. The van der Waals surface area contributed by atoms with Crippen molar-refractivity contribution in [2.45, 2.75) is 30.4 Å². The molecule has 5 nitrogen and oxygen atoms in total. The molecule has 0 spiro atoms. The lowest BCUT2D eigenvalue weighted by Gasteiger charge is -2.32. The molecule has 1 N–H and O–H groups in total. The zero-order valence-corrected chi connectivity index (χ0v) is 21.5. The van der Waals surface area contributed by atoms with Gasteiger partial charge < -0.3 is 19.7 Å². The normalized spacial score (nSPS) is 17.3. The van der Waals surface area contributed by atoms with E-state index in [9.17, 15) is 4.79 Å². The summed E-state index contributed by atoms with van der Waals surface area (Å²) in [7, 11) is 2.18. The molecule has 0 fully saturated rings. The van der Waals surface area contributed by atoms with Crippen molar-refractivity contribution in [1.29, 1.82) is 0 Å². The van der Waals surface area contributed by atoms with E-state index in [0.717, 1.165) is 41.4 Å². The number of hydrogen-bond acceptors (Lipinski definition) is 4. The van der Waals surface area contributed by atoms with E-state index < -0.39 is 0 Å². The van der Waals surface area contributed by atoms with Crippen molar-refractivity contribution < 1.29 is 4.79 Å². The van der Waals surface area contributed by atoms with Crippen LogP contribution in [0.15, 0.2) is 77.8 Å². The van der Waals surface area contributed by atoms with Crippen LogP contribution in [0.5, 0.6) is 0 Å². The van der Waals surface area contributed by atoms with E-state index in [1.54, 1.807) is 11.8 Å². The quantitative estimate of drug-likeness (QED) is 0.332. The second-order valence-electron chi connectivity index (χ2n) is 9.18. The summed E-state index contributed by atoms with van der Waals surface area (Å²) < 4.78 is 2.32. The van der Waals surface area contributed by atoms with E-state index in [-0.39, 0.29) is 12.1 Å². The smallest absolute Gasteiger partial charge is 0.310 e. The third kappa shape index (κ3) is 4.07. The van der Waals surface area contributed by atoms with Gasteiger partial charge in [-0.2, -0.15) is 0 Å². The van der Waals surface area contributed by atoms with Gasteiger partial charge in [0.15, 0.2) is 0 Å². The van der Waals surface area contributed by atoms with Crippen LogP contribution in [0.2, 0.25) is 0 Å². The molecule has 0 aliphatic carbocycles. The molecule has 0 saturated carbocycles.